The van der Waals surface area contributed by atoms with Crippen LogP contribution in [0.3, 0.4) is 0 Å². The molecule has 0 aliphatic heterocycles. The van der Waals surface area contributed by atoms with Crippen LogP contribution >= 0.6 is 0 Å². The van der Waals surface area contributed by atoms with E-state index >= 15 is 0 Å². The minimum absolute atomic E-state index is 0.447. The van der Waals surface area contributed by atoms with E-state index in [0.29, 0.717) is 12.1 Å². The van der Waals surface area contributed by atoms with Crippen molar-refractivity contribution in [2.24, 2.45) is 0 Å². The molecule has 13 nitrogen and oxygen atoms in total. The van der Waals surface area contributed by atoms with Crippen LogP contribution in [0.25, 0.3) is 0 Å². The highest BCUT2D eigenvalue weighted by Gasteiger charge is 2.29. The van der Waals surface area contributed by atoms with E-state index in [1.54, 1.807) is 0 Å². The van der Waals surface area contributed by atoms with E-state index < -0.39 is 43.7 Å². The van der Waals surface area contributed by atoms with Crippen molar-refractivity contribution in [2.75, 3.05) is 0 Å². The molecule has 0 bridgehead atoms. The van der Waals surface area contributed by atoms with Gasteiger partial charge in [-0.05, 0) is 0 Å². The number of carbonyl (C=O) groups is 1. The van der Waals surface area contributed by atoms with E-state index in [-0.39, 0.29) is 0 Å². The summed E-state index contributed by atoms with van der Waals surface area (Å²) in [5.74, 6) is -1.21. The van der Waals surface area contributed by atoms with Gasteiger partial charge < -0.3 is 15.3 Å². The molecule has 20 heavy (non-hydrogen) atoms. The molecule has 1 rings (SSSR count). The Kier molecular flexibility index (Phi) is 5.30. The summed E-state index contributed by atoms with van der Waals surface area (Å²) in [6, 6.07) is 0.894. The van der Waals surface area contributed by atoms with Crippen molar-refractivity contribution in [3.8, 4) is 5.75 Å². The van der Waals surface area contributed by atoms with E-state index in [1.807, 2.05) is 0 Å². The van der Waals surface area contributed by atoms with Crippen LogP contribution in [0, 0.1) is 30.3 Å². The maximum atomic E-state index is 10.4. The minimum Gasteiger partial charge on any atom is -0.497 e. The summed E-state index contributed by atoms with van der Waals surface area (Å²) < 4.78 is 0. The SMILES string of the molecule is O=C(O)O.O=[N+]([O-])c1cc([N+](=O)[O-])c(O)c([N+](=O)[O-])c1. The lowest BCUT2D eigenvalue weighted by atomic mass is 10.2. The van der Waals surface area contributed by atoms with Gasteiger partial charge in [0.05, 0.1) is 26.9 Å². The Bertz CT molecular complexity index is 543. The number of nitro benzene ring substituents is 3. The van der Waals surface area contributed by atoms with Crippen LogP contribution in [-0.4, -0.2) is 36.2 Å². The highest BCUT2D eigenvalue weighted by Crippen LogP contribution is 2.38. The van der Waals surface area contributed by atoms with Gasteiger partial charge in [-0.25, -0.2) is 4.79 Å². The first-order chi connectivity index (χ1) is 9.07. The first-order valence-electron chi connectivity index (χ1n) is 4.30. The van der Waals surface area contributed by atoms with Crippen LogP contribution in [0.1, 0.15) is 0 Å². The fraction of sp³-hybridized carbons (Fsp3) is 0. The summed E-state index contributed by atoms with van der Waals surface area (Å²) in [4.78, 5) is 36.3. The molecule has 3 N–H and O–H groups in total. The third-order valence-corrected chi connectivity index (χ3v) is 1.66. The summed E-state index contributed by atoms with van der Waals surface area (Å²) in [5.41, 5.74) is -3.00. The van der Waals surface area contributed by atoms with Gasteiger partial charge in [0, 0.05) is 0 Å². The second-order valence-electron chi connectivity index (χ2n) is 2.89. The molecule has 108 valence electrons. The van der Waals surface area contributed by atoms with E-state index in [1.165, 1.54) is 0 Å². The third kappa shape index (κ3) is 4.40. The smallest absolute Gasteiger partial charge is 0.497 e. The van der Waals surface area contributed by atoms with Crippen molar-refractivity contribution in [2.45, 2.75) is 0 Å². The van der Waals surface area contributed by atoms with Gasteiger partial charge in [-0.1, -0.05) is 0 Å². The highest BCUT2D eigenvalue weighted by atomic mass is 16.6. The van der Waals surface area contributed by atoms with Crippen LogP contribution in [0.15, 0.2) is 12.1 Å². The van der Waals surface area contributed by atoms with Gasteiger partial charge in [-0.2, -0.15) is 0 Å². The predicted molar refractivity (Wildman–Crippen MR) is 58.7 cm³/mol. The summed E-state index contributed by atoms with van der Waals surface area (Å²) in [5, 5.41) is 54.2. The van der Waals surface area contributed by atoms with Crippen LogP contribution in [0.2, 0.25) is 0 Å². The molecule has 0 spiro atoms. The second-order valence-corrected chi connectivity index (χ2v) is 2.89. The third-order valence-electron chi connectivity index (χ3n) is 1.66. The molecule has 0 heterocycles. The molecule has 0 atom stereocenters. The molecule has 0 aliphatic rings. The Hall–Kier alpha value is -3.51. The Morgan fingerprint density at radius 2 is 1.20 bits per heavy atom. The van der Waals surface area contributed by atoms with Crippen LogP contribution in [0.5, 0.6) is 5.75 Å². The van der Waals surface area contributed by atoms with Crippen LogP contribution in [-0.2, 0) is 0 Å². The lowest BCUT2D eigenvalue weighted by molar-refractivity contribution is -0.404. The lowest BCUT2D eigenvalue weighted by Gasteiger charge is -1.97. The van der Waals surface area contributed by atoms with Crippen molar-refractivity contribution >= 4 is 23.2 Å². The van der Waals surface area contributed by atoms with Crippen LogP contribution in [0.4, 0.5) is 21.9 Å². The maximum Gasteiger partial charge on any atom is 0.503 e. The number of benzene rings is 1. The minimum atomic E-state index is -1.83. The zero-order valence-electron chi connectivity index (χ0n) is 9.20. The normalized spacial score (nSPS) is 9.00. The first kappa shape index (κ1) is 16.5. The molecule has 13 heteroatoms. The molecule has 0 amide bonds. The van der Waals surface area contributed by atoms with Crippen molar-refractivity contribution < 1.29 is 34.9 Å². The number of nitrogens with zero attached hydrogens (tertiary/aromatic N) is 3. The molecular formula is C7H5N3O10. The topological polar surface area (TPSA) is 207 Å². The molecule has 1 aromatic rings. The maximum absolute atomic E-state index is 10.4. The van der Waals surface area contributed by atoms with E-state index in [2.05, 4.69) is 0 Å². The first-order valence-corrected chi connectivity index (χ1v) is 4.30. The highest BCUT2D eigenvalue weighted by molar-refractivity contribution is 5.64. The van der Waals surface area contributed by atoms with Gasteiger partial charge in [-0.3, -0.25) is 30.3 Å². The van der Waals surface area contributed by atoms with Gasteiger partial charge >= 0.3 is 17.5 Å². The molecule has 0 aliphatic carbocycles. The number of phenols is 1. The van der Waals surface area contributed by atoms with Crippen molar-refractivity contribution in [3.63, 3.8) is 0 Å². The molecular weight excluding hydrogens is 286 g/mol. The van der Waals surface area contributed by atoms with E-state index in [4.69, 9.17) is 20.1 Å². The number of carboxylic acid groups (broad SMARTS) is 2. The molecule has 0 unspecified atom stereocenters. The molecule has 0 fully saturated rings. The largest absolute Gasteiger partial charge is 0.503 e. The zero-order valence-corrected chi connectivity index (χ0v) is 9.20. The average molecular weight is 291 g/mol. The number of aromatic hydroxyl groups is 1. The Morgan fingerprint density at radius 1 is 0.900 bits per heavy atom. The number of non-ortho nitro benzene ring substituents is 1. The number of nitro groups is 3. The van der Waals surface area contributed by atoms with E-state index in [9.17, 15) is 30.3 Å². The molecule has 0 saturated carbocycles. The Balaban J connectivity index is 0.000000796. The van der Waals surface area contributed by atoms with E-state index in [0.717, 1.165) is 0 Å². The molecule has 0 aromatic heterocycles. The zero-order chi connectivity index (χ0) is 16.0. The molecule has 0 saturated heterocycles. The van der Waals surface area contributed by atoms with Gasteiger partial charge in [-0.15, -0.1) is 0 Å². The molecule has 1 aromatic carbocycles. The summed E-state index contributed by atoms with van der Waals surface area (Å²) >= 11 is 0. The fourth-order valence-electron chi connectivity index (χ4n) is 0.974. The number of hydrogen-bond acceptors (Lipinski definition) is 8. The van der Waals surface area contributed by atoms with Gasteiger partial charge in [0.25, 0.3) is 11.4 Å². The van der Waals surface area contributed by atoms with Gasteiger partial charge in [0.2, 0.25) is 0 Å². The van der Waals surface area contributed by atoms with Gasteiger partial charge in [0.15, 0.2) is 0 Å². The predicted octanol–water partition coefficient (Wildman–Crippen LogP) is 1.34. The summed E-state index contributed by atoms with van der Waals surface area (Å²) in [7, 11) is 0. The number of hydrogen-bond donors (Lipinski definition) is 3. The average Bonchev–Trinajstić information content (AvgIpc) is 2.27. The summed E-state index contributed by atoms with van der Waals surface area (Å²) in [6.07, 6.45) is -1.83. The summed E-state index contributed by atoms with van der Waals surface area (Å²) in [6.45, 7) is 0. The van der Waals surface area contributed by atoms with Crippen molar-refractivity contribution in [3.05, 3.63) is 42.5 Å². The second kappa shape index (κ2) is 6.43. The monoisotopic (exact) mass is 291 g/mol. The molecule has 0 radical (unpaired) electrons. The number of rotatable bonds is 3. The Labute approximate surface area is 107 Å². The fourth-order valence-corrected chi connectivity index (χ4v) is 0.974. The van der Waals surface area contributed by atoms with Gasteiger partial charge in [0.1, 0.15) is 0 Å². The van der Waals surface area contributed by atoms with Crippen LogP contribution < -0.4 is 0 Å². The lowest BCUT2D eigenvalue weighted by Crippen LogP contribution is -1.97. The number of phenolic OH excluding ortho intramolecular Hbond substituents is 1. The van der Waals surface area contributed by atoms with Crippen molar-refractivity contribution in [1.29, 1.82) is 0 Å². The standard InChI is InChI=1S/C6H3N3O7.CH2O3/c10-6-4(8(13)14)1-3(7(11)12)2-5(6)9(15)16;2-1(3)4/h1-2,10H;(H2,2,3,4). The quantitative estimate of drug-likeness (QED) is 0.537. The van der Waals surface area contributed by atoms with Crippen molar-refractivity contribution in [1.82, 2.24) is 0 Å². The Morgan fingerprint density at radius 3 is 1.40 bits per heavy atom.